The van der Waals surface area contributed by atoms with Gasteiger partial charge in [0.1, 0.15) is 0 Å². The molecule has 2 aromatic rings. The molecule has 2 amide bonds. The minimum atomic E-state index is -2.17. The molecular weight excluding hydrogens is 344 g/mol. The minimum Gasteiger partial charge on any atom is -0.407 e. The van der Waals surface area contributed by atoms with Crippen molar-refractivity contribution in [2.75, 3.05) is 11.4 Å². The Morgan fingerprint density at radius 3 is 2.60 bits per heavy atom. The van der Waals surface area contributed by atoms with Crippen LogP contribution in [0.5, 0.6) is 0 Å². The van der Waals surface area contributed by atoms with Gasteiger partial charge in [0.25, 0.3) is 11.7 Å². The van der Waals surface area contributed by atoms with Crippen LogP contribution in [0.4, 0.5) is 10.5 Å². The Morgan fingerprint density at radius 2 is 1.88 bits per heavy atom. The van der Waals surface area contributed by atoms with Crippen LogP contribution in [0, 0.1) is 0 Å². The summed E-state index contributed by atoms with van der Waals surface area (Å²) in [5.41, 5.74) is 1.35. The summed E-state index contributed by atoms with van der Waals surface area (Å²) < 4.78 is 5.00. The summed E-state index contributed by atoms with van der Waals surface area (Å²) >= 11 is 6.01. The van der Waals surface area contributed by atoms with E-state index in [-0.39, 0.29) is 19.5 Å². The fourth-order valence-corrected chi connectivity index (χ4v) is 2.83. The quantitative estimate of drug-likeness (QED) is 0.822. The first-order valence-electron chi connectivity index (χ1n) is 7.79. The Balaban J connectivity index is 1.61. The molecular formula is C18H17ClN2O4. The van der Waals surface area contributed by atoms with E-state index in [9.17, 15) is 14.7 Å². The molecule has 0 aromatic heterocycles. The maximum absolute atomic E-state index is 12.4. The molecule has 0 unspecified atom stereocenters. The molecule has 0 saturated carbocycles. The predicted molar refractivity (Wildman–Crippen MR) is 93.1 cm³/mol. The number of nitrogens with zero attached hydrogens (tertiary/aromatic N) is 1. The molecule has 7 heteroatoms. The van der Waals surface area contributed by atoms with E-state index < -0.39 is 17.8 Å². The van der Waals surface area contributed by atoms with Crippen molar-refractivity contribution in [3.8, 4) is 0 Å². The Morgan fingerprint density at radius 1 is 1.20 bits per heavy atom. The third-order valence-electron chi connectivity index (χ3n) is 3.96. The largest absolute Gasteiger partial charge is 0.410 e. The normalized spacial score (nSPS) is 19.8. The number of benzene rings is 2. The van der Waals surface area contributed by atoms with Crippen molar-refractivity contribution in [3.05, 3.63) is 65.2 Å². The van der Waals surface area contributed by atoms with Crippen molar-refractivity contribution in [1.29, 1.82) is 0 Å². The third-order valence-corrected chi connectivity index (χ3v) is 4.33. The van der Waals surface area contributed by atoms with Crippen molar-refractivity contribution in [1.82, 2.24) is 5.32 Å². The average Bonchev–Trinajstić information content (AvgIpc) is 2.90. The number of carbonyl (C=O) groups is 2. The number of nitrogens with one attached hydrogen (secondary N) is 1. The zero-order chi connectivity index (χ0) is 17.9. The number of ether oxygens (including phenoxy) is 1. The number of alkyl carbamates (subject to hydrolysis) is 1. The van der Waals surface area contributed by atoms with E-state index in [0.717, 1.165) is 0 Å². The minimum absolute atomic E-state index is 0.000239. The first kappa shape index (κ1) is 17.3. The number of anilines is 1. The topological polar surface area (TPSA) is 78.9 Å². The van der Waals surface area contributed by atoms with Crippen LogP contribution in [0.25, 0.3) is 0 Å². The molecule has 1 saturated heterocycles. The number of aliphatic hydroxyl groups is 1. The van der Waals surface area contributed by atoms with Crippen LogP contribution in [0.15, 0.2) is 54.6 Å². The molecule has 2 N–H and O–H groups in total. The number of halogens is 1. The summed E-state index contributed by atoms with van der Waals surface area (Å²) in [7, 11) is 0. The molecule has 2 aromatic carbocycles. The molecule has 6 nitrogen and oxygen atoms in total. The third kappa shape index (κ3) is 3.75. The van der Waals surface area contributed by atoms with Gasteiger partial charge in [-0.25, -0.2) is 4.79 Å². The zero-order valence-corrected chi connectivity index (χ0v) is 14.1. The van der Waals surface area contributed by atoms with Crippen molar-refractivity contribution in [2.45, 2.75) is 18.8 Å². The fraction of sp³-hybridized carbons (Fsp3) is 0.222. The predicted octanol–water partition coefficient (Wildman–Crippen LogP) is 2.69. The highest BCUT2D eigenvalue weighted by molar-refractivity contribution is 6.31. The molecule has 1 aliphatic rings. The van der Waals surface area contributed by atoms with Gasteiger partial charge < -0.3 is 20.1 Å². The summed E-state index contributed by atoms with van der Waals surface area (Å²) in [6.07, 6.45) is -0.883. The number of para-hydroxylation sites is 1. The number of hydrogen-bond donors (Lipinski definition) is 2. The Labute approximate surface area is 150 Å². The summed E-state index contributed by atoms with van der Waals surface area (Å²) in [6, 6.07) is 15.9. The van der Waals surface area contributed by atoms with E-state index in [4.69, 9.17) is 16.3 Å². The first-order chi connectivity index (χ1) is 12.0. The highest BCUT2D eigenvalue weighted by Gasteiger charge is 2.49. The highest BCUT2D eigenvalue weighted by atomic mass is 35.5. The first-order valence-corrected chi connectivity index (χ1v) is 8.17. The van der Waals surface area contributed by atoms with Gasteiger partial charge >= 0.3 is 6.09 Å². The summed E-state index contributed by atoms with van der Waals surface area (Å²) in [5, 5.41) is 13.4. The second kappa shape index (κ2) is 7.13. The van der Waals surface area contributed by atoms with Gasteiger partial charge in [-0.2, -0.15) is 0 Å². The van der Waals surface area contributed by atoms with Crippen LogP contribution in [-0.2, 0) is 16.1 Å². The maximum atomic E-state index is 12.4. The highest BCUT2D eigenvalue weighted by Crippen LogP contribution is 2.29. The molecule has 0 spiro atoms. The van der Waals surface area contributed by atoms with Gasteiger partial charge in [-0.15, -0.1) is 0 Å². The summed E-state index contributed by atoms with van der Waals surface area (Å²) in [6.45, 7) is 0.391. The number of amides is 2. The van der Waals surface area contributed by atoms with Crippen LogP contribution in [0.2, 0.25) is 5.02 Å². The molecule has 130 valence electrons. The molecule has 1 atom stereocenters. The van der Waals surface area contributed by atoms with Gasteiger partial charge in [0, 0.05) is 30.2 Å². The van der Waals surface area contributed by atoms with Crippen LogP contribution < -0.4 is 10.2 Å². The van der Waals surface area contributed by atoms with Gasteiger partial charge in [0.15, 0.2) is 0 Å². The molecule has 1 heterocycles. The number of carbonyl (C=O) groups excluding carboxylic acids is 2. The molecule has 1 fully saturated rings. The van der Waals surface area contributed by atoms with Crippen LogP contribution in [0.3, 0.4) is 0 Å². The molecule has 0 radical (unpaired) electrons. The van der Waals surface area contributed by atoms with Crippen molar-refractivity contribution < 1.29 is 19.4 Å². The lowest BCUT2D eigenvalue weighted by Gasteiger charge is -2.22. The lowest BCUT2D eigenvalue weighted by Crippen LogP contribution is -2.46. The van der Waals surface area contributed by atoms with E-state index in [1.54, 1.807) is 48.5 Å². The molecule has 25 heavy (non-hydrogen) atoms. The summed E-state index contributed by atoms with van der Waals surface area (Å²) in [5.74, 6) is -2.83. The van der Waals surface area contributed by atoms with Crippen LogP contribution in [-0.4, -0.2) is 29.4 Å². The maximum Gasteiger partial charge on any atom is 0.410 e. The molecule has 1 aliphatic heterocycles. The lowest BCUT2D eigenvalue weighted by molar-refractivity contribution is -0.175. The zero-order valence-electron chi connectivity index (χ0n) is 13.3. The summed E-state index contributed by atoms with van der Waals surface area (Å²) in [4.78, 5) is 25.8. The second-order valence-electron chi connectivity index (χ2n) is 5.66. The van der Waals surface area contributed by atoms with Crippen LogP contribution in [0.1, 0.15) is 12.0 Å². The Kier molecular flexibility index (Phi) is 4.92. The van der Waals surface area contributed by atoms with Gasteiger partial charge in [-0.05, 0) is 23.8 Å². The number of rotatable bonds is 4. The Bertz CT molecular complexity index is 784. The van der Waals surface area contributed by atoms with Crippen molar-refractivity contribution in [3.63, 3.8) is 0 Å². The van der Waals surface area contributed by atoms with Crippen molar-refractivity contribution in [2.24, 2.45) is 0 Å². The van der Waals surface area contributed by atoms with Gasteiger partial charge in [0.2, 0.25) is 0 Å². The average molecular weight is 361 g/mol. The van der Waals surface area contributed by atoms with Crippen LogP contribution >= 0.6 is 11.6 Å². The number of hydrogen-bond acceptors (Lipinski definition) is 4. The van der Waals surface area contributed by atoms with E-state index in [1.165, 1.54) is 4.90 Å². The Hall–Kier alpha value is -2.57. The van der Waals surface area contributed by atoms with E-state index in [0.29, 0.717) is 16.3 Å². The fourth-order valence-electron chi connectivity index (χ4n) is 2.63. The molecule has 0 aliphatic carbocycles. The van der Waals surface area contributed by atoms with E-state index in [2.05, 4.69) is 5.32 Å². The SMILES string of the molecule is O=C(NCc1ccccc1Cl)O[C@@]1(O)CCN(c2ccccc2)C1=O. The van der Waals surface area contributed by atoms with E-state index in [1.807, 2.05) is 6.07 Å². The van der Waals surface area contributed by atoms with Crippen molar-refractivity contribution >= 4 is 29.3 Å². The smallest absolute Gasteiger partial charge is 0.407 e. The molecule has 0 bridgehead atoms. The molecule has 3 rings (SSSR count). The van der Waals surface area contributed by atoms with Gasteiger partial charge in [-0.3, -0.25) is 4.79 Å². The van der Waals surface area contributed by atoms with E-state index >= 15 is 0 Å². The van der Waals surface area contributed by atoms with Gasteiger partial charge in [0.05, 0.1) is 0 Å². The van der Waals surface area contributed by atoms with Gasteiger partial charge in [-0.1, -0.05) is 48.0 Å². The standard InChI is InChI=1S/C18H17ClN2O4/c19-15-9-5-4-6-13(15)12-20-17(23)25-18(24)10-11-21(16(18)22)14-7-2-1-3-8-14/h1-9,24H,10-12H2,(H,20,23)/t18-/m0/s1. The monoisotopic (exact) mass is 360 g/mol. The lowest BCUT2D eigenvalue weighted by atomic mass is 10.2. The second-order valence-corrected chi connectivity index (χ2v) is 6.07.